The molecule has 0 heterocycles. The van der Waals surface area contributed by atoms with Crippen LogP contribution in [-0.4, -0.2) is 6.04 Å². The highest BCUT2D eigenvalue weighted by molar-refractivity contribution is 5.21. The minimum absolute atomic E-state index is 0.205. The number of hydrogen-bond donors (Lipinski definition) is 2. The van der Waals surface area contributed by atoms with Crippen LogP contribution in [0.4, 0.5) is 0 Å². The van der Waals surface area contributed by atoms with Gasteiger partial charge in [-0.1, -0.05) is 35.9 Å². The van der Waals surface area contributed by atoms with Crippen LogP contribution in [0.2, 0.25) is 0 Å². The summed E-state index contributed by atoms with van der Waals surface area (Å²) in [6, 6.07) is 8.79. The number of rotatable bonds is 5. The Bertz CT molecular complexity index is 277. The van der Waals surface area contributed by atoms with E-state index in [2.05, 4.69) is 43.2 Å². The minimum Gasteiger partial charge on any atom is -0.271 e. The monoisotopic (exact) mass is 190 g/mol. The van der Waals surface area contributed by atoms with Crippen molar-refractivity contribution in [2.45, 2.75) is 25.8 Å². The predicted molar refractivity (Wildman–Crippen MR) is 60.8 cm³/mol. The summed E-state index contributed by atoms with van der Waals surface area (Å²) < 4.78 is 0. The number of hydrogen-bond acceptors (Lipinski definition) is 2. The first kappa shape index (κ1) is 11.0. The van der Waals surface area contributed by atoms with Crippen molar-refractivity contribution in [2.75, 3.05) is 0 Å². The summed E-state index contributed by atoms with van der Waals surface area (Å²) in [6.07, 6.45) is 3.86. The summed E-state index contributed by atoms with van der Waals surface area (Å²) in [5.74, 6) is 5.35. The van der Waals surface area contributed by atoms with Crippen LogP contribution in [0.5, 0.6) is 0 Å². The fourth-order valence-electron chi connectivity index (χ4n) is 1.35. The van der Waals surface area contributed by atoms with Crippen molar-refractivity contribution >= 4 is 0 Å². The molecule has 0 aliphatic rings. The zero-order chi connectivity index (χ0) is 10.4. The topological polar surface area (TPSA) is 38.0 Å². The van der Waals surface area contributed by atoms with Gasteiger partial charge in [0.05, 0.1) is 0 Å². The van der Waals surface area contributed by atoms with E-state index in [9.17, 15) is 0 Å². The van der Waals surface area contributed by atoms with Gasteiger partial charge in [0.1, 0.15) is 0 Å². The molecule has 0 saturated heterocycles. The highest BCUT2D eigenvalue weighted by atomic mass is 15.2. The van der Waals surface area contributed by atoms with Crippen LogP contribution in [-0.2, 0) is 6.42 Å². The summed E-state index contributed by atoms with van der Waals surface area (Å²) in [4.78, 5) is 0. The molecule has 2 heteroatoms. The lowest BCUT2D eigenvalue weighted by molar-refractivity contribution is 0.578. The lowest BCUT2D eigenvalue weighted by Crippen LogP contribution is -2.33. The van der Waals surface area contributed by atoms with Crippen molar-refractivity contribution in [1.82, 2.24) is 5.43 Å². The highest BCUT2D eigenvalue weighted by Crippen LogP contribution is 2.07. The molecule has 1 aromatic carbocycles. The highest BCUT2D eigenvalue weighted by Gasteiger charge is 2.00. The van der Waals surface area contributed by atoms with Crippen LogP contribution < -0.4 is 11.3 Å². The number of aryl methyl sites for hydroxylation is 2. The molecule has 1 aromatic rings. The molecule has 0 bridgehead atoms. The lowest BCUT2D eigenvalue weighted by atomic mass is 10.0. The lowest BCUT2D eigenvalue weighted by Gasteiger charge is -2.10. The van der Waals surface area contributed by atoms with E-state index in [1.54, 1.807) is 0 Å². The minimum atomic E-state index is 0.205. The van der Waals surface area contributed by atoms with Gasteiger partial charge in [-0.05, 0) is 25.3 Å². The van der Waals surface area contributed by atoms with Gasteiger partial charge in [-0.15, -0.1) is 6.58 Å². The normalized spacial score (nSPS) is 12.4. The van der Waals surface area contributed by atoms with Crippen LogP contribution in [0.3, 0.4) is 0 Å². The Balaban J connectivity index is 2.45. The van der Waals surface area contributed by atoms with Crippen LogP contribution in [0, 0.1) is 6.92 Å². The van der Waals surface area contributed by atoms with Gasteiger partial charge >= 0.3 is 0 Å². The maximum Gasteiger partial charge on any atom is 0.0391 e. The van der Waals surface area contributed by atoms with Gasteiger partial charge in [0.25, 0.3) is 0 Å². The first-order valence-electron chi connectivity index (χ1n) is 4.90. The van der Waals surface area contributed by atoms with E-state index in [4.69, 9.17) is 5.84 Å². The molecule has 0 fully saturated rings. The van der Waals surface area contributed by atoms with Crippen LogP contribution in [0.15, 0.2) is 36.9 Å². The molecule has 1 rings (SSSR count). The molecule has 1 atom stereocenters. The number of nitrogens with two attached hydrogens (primary N) is 1. The summed E-state index contributed by atoms with van der Waals surface area (Å²) in [5.41, 5.74) is 5.36. The van der Waals surface area contributed by atoms with E-state index in [-0.39, 0.29) is 6.04 Å². The van der Waals surface area contributed by atoms with Gasteiger partial charge in [0, 0.05) is 6.04 Å². The second-order valence-electron chi connectivity index (χ2n) is 3.53. The van der Waals surface area contributed by atoms with E-state index in [1.807, 2.05) is 6.08 Å². The zero-order valence-corrected chi connectivity index (χ0v) is 8.66. The van der Waals surface area contributed by atoms with Crippen molar-refractivity contribution in [2.24, 2.45) is 5.84 Å². The standard InChI is InChI=1S/C12H18N2/c1-3-12(14-13)9-8-11-6-4-10(2)5-7-11/h3-7,12,14H,1,8-9,13H2,2H3. The van der Waals surface area contributed by atoms with Gasteiger partial charge in [-0.25, -0.2) is 0 Å². The largest absolute Gasteiger partial charge is 0.271 e. The second-order valence-corrected chi connectivity index (χ2v) is 3.53. The number of nitrogens with one attached hydrogen (secondary N) is 1. The molecule has 76 valence electrons. The SMILES string of the molecule is C=CC(CCc1ccc(C)cc1)NN. The predicted octanol–water partition coefficient (Wildman–Crippen LogP) is 1.95. The molecular weight excluding hydrogens is 172 g/mol. The third-order valence-corrected chi connectivity index (χ3v) is 2.36. The van der Waals surface area contributed by atoms with Crippen molar-refractivity contribution in [3.05, 3.63) is 48.0 Å². The molecule has 0 amide bonds. The van der Waals surface area contributed by atoms with E-state index in [0.29, 0.717) is 0 Å². The maximum absolute atomic E-state index is 5.35. The molecule has 0 aliphatic heterocycles. The first-order valence-corrected chi connectivity index (χ1v) is 4.90. The zero-order valence-electron chi connectivity index (χ0n) is 8.66. The summed E-state index contributed by atoms with van der Waals surface area (Å²) in [6.45, 7) is 5.81. The van der Waals surface area contributed by atoms with Gasteiger partial charge < -0.3 is 0 Å². The molecule has 2 nitrogen and oxygen atoms in total. The third kappa shape index (κ3) is 3.32. The Kier molecular flexibility index (Phi) is 4.36. The smallest absolute Gasteiger partial charge is 0.0391 e. The summed E-state index contributed by atoms with van der Waals surface area (Å²) in [5, 5.41) is 0. The first-order chi connectivity index (χ1) is 6.76. The third-order valence-electron chi connectivity index (χ3n) is 2.36. The number of hydrazine groups is 1. The quantitative estimate of drug-likeness (QED) is 0.423. The Labute approximate surface area is 85.8 Å². The van der Waals surface area contributed by atoms with Crippen molar-refractivity contribution in [1.29, 1.82) is 0 Å². The second kappa shape index (κ2) is 5.58. The van der Waals surface area contributed by atoms with Gasteiger partial charge in [0.15, 0.2) is 0 Å². The molecule has 0 aliphatic carbocycles. The Morgan fingerprint density at radius 2 is 2.07 bits per heavy atom. The van der Waals surface area contributed by atoms with E-state index >= 15 is 0 Å². The molecule has 3 N–H and O–H groups in total. The fraction of sp³-hybridized carbons (Fsp3) is 0.333. The van der Waals surface area contributed by atoms with Crippen LogP contribution >= 0.6 is 0 Å². The molecule has 0 aromatic heterocycles. The Hall–Kier alpha value is -1.12. The maximum atomic E-state index is 5.35. The fourth-order valence-corrected chi connectivity index (χ4v) is 1.35. The van der Waals surface area contributed by atoms with E-state index < -0.39 is 0 Å². The van der Waals surface area contributed by atoms with E-state index in [1.165, 1.54) is 11.1 Å². The Morgan fingerprint density at radius 3 is 2.57 bits per heavy atom. The van der Waals surface area contributed by atoms with Crippen molar-refractivity contribution in [3.63, 3.8) is 0 Å². The molecule has 0 radical (unpaired) electrons. The molecule has 14 heavy (non-hydrogen) atoms. The number of benzene rings is 1. The van der Waals surface area contributed by atoms with Gasteiger partial charge in [0.2, 0.25) is 0 Å². The summed E-state index contributed by atoms with van der Waals surface area (Å²) >= 11 is 0. The van der Waals surface area contributed by atoms with Crippen LogP contribution in [0.1, 0.15) is 17.5 Å². The average Bonchev–Trinajstić information content (AvgIpc) is 2.22. The Morgan fingerprint density at radius 1 is 1.43 bits per heavy atom. The van der Waals surface area contributed by atoms with Gasteiger partial charge in [-0.2, -0.15) is 0 Å². The molecular formula is C12H18N2. The van der Waals surface area contributed by atoms with Crippen molar-refractivity contribution < 1.29 is 0 Å². The van der Waals surface area contributed by atoms with Crippen molar-refractivity contribution in [3.8, 4) is 0 Å². The average molecular weight is 190 g/mol. The van der Waals surface area contributed by atoms with Gasteiger partial charge in [-0.3, -0.25) is 11.3 Å². The summed E-state index contributed by atoms with van der Waals surface area (Å²) in [7, 11) is 0. The molecule has 0 spiro atoms. The molecule has 0 saturated carbocycles. The van der Waals surface area contributed by atoms with Crippen LogP contribution in [0.25, 0.3) is 0 Å². The molecule has 1 unspecified atom stereocenters. The van der Waals surface area contributed by atoms with E-state index in [0.717, 1.165) is 12.8 Å².